The minimum atomic E-state index is -5.45. The molecule has 0 heterocycles. The maximum Gasteiger partial charge on any atom is 0.423 e. The minimum absolute atomic E-state index is 0.103. The molecule has 0 aromatic rings. The second-order valence-electron chi connectivity index (χ2n) is 5.12. The molecule has 0 saturated heterocycles. The first-order chi connectivity index (χ1) is 9.09. The Hall–Kier alpha value is -0.500. The van der Waals surface area contributed by atoms with Gasteiger partial charge in [-0.15, -0.1) is 0 Å². The Morgan fingerprint density at radius 3 is 2.05 bits per heavy atom. The lowest BCUT2D eigenvalue weighted by Gasteiger charge is -2.38. The van der Waals surface area contributed by atoms with Crippen LogP contribution in [-0.2, 0) is 4.74 Å². The predicted octanol–water partition coefficient (Wildman–Crippen LogP) is 3.66. The maximum absolute atomic E-state index is 12.5. The zero-order valence-corrected chi connectivity index (χ0v) is 11.3. The van der Waals surface area contributed by atoms with Gasteiger partial charge in [-0.2, -0.15) is 26.3 Å². The van der Waals surface area contributed by atoms with Gasteiger partial charge in [0.15, 0.2) is 0 Å². The van der Waals surface area contributed by atoms with E-state index in [2.05, 4.69) is 10.1 Å². The normalized spacial score (nSPS) is 28.9. The summed E-state index contributed by atoms with van der Waals surface area (Å²) in [5.41, 5.74) is 0. The third kappa shape index (κ3) is 4.51. The topological polar surface area (TPSA) is 21.3 Å². The number of alkyl halides is 6. The van der Waals surface area contributed by atoms with Crippen LogP contribution in [0, 0.1) is 5.92 Å². The Balaban J connectivity index is 2.84. The molecule has 0 aliphatic heterocycles. The van der Waals surface area contributed by atoms with E-state index in [1.54, 1.807) is 0 Å². The molecule has 3 unspecified atom stereocenters. The Labute approximate surface area is 113 Å². The van der Waals surface area contributed by atoms with Crippen molar-refractivity contribution in [2.24, 2.45) is 5.92 Å². The molecule has 0 radical (unpaired) electrons. The van der Waals surface area contributed by atoms with Crippen molar-refractivity contribution < 1.29 is 31.1 Å². The van der Waals surface area contributed by atoms with E-state index in [9.17, 15) is 26.3 Å². The summed E-state index contributed by atoms with van der Waals surface area (Å²) in [7, 11) is 1.52. The Kier molecular flexibility index (Phi) is 5.71. The molecule has 3 atom stereocenters. The molecular formula is C12H19F6NO. The van der Waals surface area contributed by atoms with Gasteiger partial charge >= 0.3 is 12.4 Å². The first-order valence-corrected chi connectivity index (χ1v) is 6.55. The first kappa shape index (κ1) is 17.6. The molecule has 1 aliphatic carbocycles. The van der Waals surface area contributed by atoms with Gasteiger partial charge in [-0.05, 0) is 32.2 Å². The van der Waals surface area contributed by atoms with Gasteiger partial charge in [0.05, 0.1) is 6.10 Å². The molecule has 120 valence electrons. The van der Waals surface area contributed by atoms with Crippen molar-refractivity contribution >= 4 is 0 Å². The second kappa shape index (κ2) is 6.51. The lowest BCUT2D eigenvalue weighted by atomic mass is 9.82. The number of nitrogens with one attached hydrogen (secondary N) is 1. The Morgan fingerprint density at radius 1 is 1.10 bits per heavy atom. The molecule has 1 fully saturated rings. The van der Waals surface area contributed by atoms with Gasteiger partial charge < -0.3 is 10.1 Å². The van der Waals surface area contributed by atoms with Crippen LogP contribution in [0.25, 0.3) is 0 Å². The zero-order valence-electron chi connectivity index (χ0n) is 11.3. The molecule has 20 heavy (non-hydrogen) atoms. The summed E-state index contributed by atoms with van der Waals surface area (Å²) >= 11 is 0. The zero-order chi connectivity index (χ0) is 15.6. The van der Waals surface area contributed by atoms with Crippen molar-refractivity contribution in [3.8, 4) is 0 Å². The molecule has 8 heteroatoms. The van der Waals surface area contributed by atoms with Crippen LogP contribution in [0.3, 0.4) is 0 Å². The number of halogens is 6. The van der Waals surface area contributed by atoms with E-state index in [1.165, 1.54) is 7.05 Å². The fourth-order valence-corrected chi connectivity index (χ4v) is 2.58. The summed E-state index contributed by atoms with van der Waals surface area (Å²) < 4.78 is 79.5. The van der Waals surface area contributed by atoms with Crippen LogP contribution >= 0.6 is 0 Å². The van der Waals surface area contributed by atoms with Crippen molar-refractivity contribution in [1.82, 2.24) is 5.32 Å². The van der Waals surface area contributed by atoms with Crippen molar-refractivity contribution in [3.63, 3.8) is 0 Å². The standard InChI is InChI=1S/C12H19F6NO/c1-3-7-4-5-8(19-2)9(6-7)20-10(11(13,14)15)12(16,17)18/h7-10,19H,3-6H2,1-2H3. The SMILES string of the molecule is CCC1CCC(NC)C(OC(C(F)(F)F)C(F)(F)F)C1. The fourth-order valence-electron chi connectivity index (χ4n) is 2.58. The van der Waals surface area contributed by atoms with E-state index in [0.717, 1.165) is 12.8 Å². The van der Waals surface area contributed by atoms with Crippen LogP contribution in [0.15, 0.2) is 0 Å². The molecular weight excluding hydrogens is 288 g/mol. The molecule has 0 amide bonds. The Bertz CT molecular complexity index is 289. The monoisotopic (exact) mass is 307 g/mol. The second-order valence-corrected chi connectivity index (χ2v) is 5.12. The van der Waals surface area contributed by atoms with Gasteiger partial charge in [0.2, 0.25) is 6.10 Å². The summed E-state index contributed by atoms with van der Waals surface area (Å²) in [6.45, 7) is 1.87. The highest BCUT2D eigenvalue weighted by Gasteiger charge is 2.59. The van der Waals surface area contributed by atoms with Crippen LogP contribution in [0.1, 0.15) is 32.6 Å². The van der Waals surface area contributed by atoms with Crippen LogP contribution in [-0.4, -0.2) is 37.7 Å². The third-order valence-corrected chi connectivity index (χ3v) is 3.75. The van der Waals surface area contributed by atoms with E-state index >= 15 is 0 Å². The summed E-state index contributed by atoms with van der Waals surface area (Å²) in [4.78, 5) is 0. The van der Waals surface area contributed by atoms with Crippen LogP contribution in [0.4, 0.5) is 26.3 Å². The quantitative estimate of drug-likeness (QED) is 0.800. The highest BCUT2D eigenvalue weighted by molar-refractivity contribution is 4.88. The molecule has 2 nitrogen and oxygen atoms in total. The van der Waals surface area contributed by atoms with Crippen LogP contribution < -0.4 is 5.32 Å². The van der Waals surface area contributed by atoms with Gasteiger partial charge in [-0.25, -0.2) is 0 Å². The smallest absolute Gasteiger partial charge is 0.356 e. The lowest BCUT2D eigenvalue weighted by molar-refractivity contribution is -0.334. The summed E-state index contributed by atoms with van der Waals surface area (Å²) in [6, 6.07) is -0.481. The number of likely N-dealkylation sites (N-methyl/N-ethyl adjacent to an activating group) is 1. The molecule has 0 aromatic carbocycles. The van der Waals surface area contributed by atoms with E-state index in [0.29, 0.717) is 6.42 Å². The summed E-state index contributed by atoms with van der Waals surface area (Å²) in [5.74, 6) is 0.103. The largest absolute Gasteiger partial charge is 0.423 e. The average Bonchev–Trinajstić information content (AvgIpc) is 2.32. The highest BCUT2D eigenvalue weighted by atomic mass is 19.4. The number of hydrogen-bond donors (Lipinski definition) is 1. The number of hydrogen-bond acceptors (Lipinski definition) is 2. The molecule has 1 rings (SSSR count). The Morgan fingerprint density at radius 2 is 1.65 bits per heavy atom. The maximum atomic E-state index is 12.5. The average molecular weight is 307 g/mol. The van der Waals surface area contributed by atoms with Gasteiger partial charge in [-0.1, -0.05) is 13.3 Å². The molecule has 0 aromatic heterocycles. The minimum Gasteiger partial charge on any atom is -0.356 e. The van der Waals surface area contributed by atoms with Gasteiger partial charge in [0.1, 0.15) is 0 Å². The number of ether oxygens (including phenoxy) is 1. The van der Waals surface area contributed by atoms with E-state index in [-0.39, 0.29) is 12.3 Å². The fraction of sp³-hybridized carbons (Fsp3) is 1.00. The molecule has 0 bridgehead atoms. The van der Waals surface area contributed by atoms with Gasteiger partial charge in [0, 0.05) is 6.04 Å². The van der Waals surface area contributed by atoms with E-state index in [1.807, 2.05) is 6.92 Å². The summed E-state index contributed by atoms with van der Waals surface area (Å²) in [5, 5.41) is 2.75. The van der Waals surface area contributed by atoms with Gasteiger partial charge in [0.25, 0.3) is 0 Å². The van der Waals surface area contributed by atoms with Crippen molar-refractivity contribution in [2.45, 2.75) is 63.2 Å². The molecule has 1 aliphatic rings. The van der Waals surface area contributed by atoms with E-state index in [4.69, 9.17) is 0 Å². The van der Waals surface area contributed by atoms with Crippen molar-refractivity contribution in [3.05, 3.63) is 0 Å². The summed E-state index contributed by atoms with van der Waals surface area (Å²) in [6.07, 6.45) is -13.5. The molecule has 1 N–H and O–H groups in total. The van der Waals surface area contributed by atoms with Crippen LogP contribution in [0.2, 0.25) is 0 Å². The first-order valence-electron chi connectivity index (χ1n) is 6.55. The van der Waals surface area contributed by atoms with E-state index < -0.39 is 30.6 Å². The predicted molar refractivity (Wildman–Crippen MR) is 61.3 cm³/mol. The van der Waals surface area contributed by atoms with Crippen LogP contribution in [0.5, 0.6) is 0 Å². The van der Waals surface area contributed by atoms with Gasteiger partial charge in [-0.3, -0.25) is 0 Å². The van der Waals surface area contributed by atoms with Crippen molar-refractivity contribution in [1.29, 1.82) is 0 Å². The molecule has 0 spiro atoms. The lowest BCUT2D eigenvalue weighted by Crippen LogP contribution is -2.52. The number of rotatable bonds is 4. The highest BCUT2D eigenvalue weighted by Crippen LogP contribution is 2.39. The van der Waals surface area contributed by atoms with Crippen molar-refractivity contribution in [2.75, 3.05) is 7.05 Å². The third-order valence-electron chi connectivity index (χ3n) is 3.75. The molecule has 1 saturated carbocycles.